The van der Waals surface area contributed by atoms with E-state index in [9.17, 15) is 14.4 Å². The third kappa shape index (κ3) is 13.7. The number of hydrogen-bond acceptors (Lipinski definition) is 7. The second-order valence-corrected chi connectivity index (χ2v) is 6.00. The number of thiol groups is 1. The van der Waals surface area contributed by atoms with Crippen LogP contribution < -0.4 is 0 Å². The van der Waals surface area contributed by atoms with Crippen molar-refractivity contribution >= 4 is 30.9 Å². The van der Waals surface area contributed by atoms with E-state index >= 15 is 0 Å². The Morgan fingerprint density at radius 3 is 1.69 bits per heavy atom. The first kappa shape index (κ1) is 29.2. The highest BCUT2D eigenvalue weighted by molar-refractivity contribution is 7.79. The molecule has 0 amide bonds. The van der Waals surface area contributed by atoms with Gasteiger partial charge in [-0.2, -0.15) is 12.6 Å². The van der Waals surface area contributed by atoms with E-state index in [0.29, 0.717) is 0 Å². The highest BCUT2D eigenvalue weighted by Gasteiger charge is 2.28. The number of carbonyl (C=O) groups excluding carboxylic acids is 3. The van der Waals surface area contributed by atoms with Gasteiger partial charge in [0.2, 0.25) is 0 Å². The molecule has 0 aromatic heterocycles. The average molecular weight is 392 g/mol. The van der Waals surface area contributed by atoms with Crippen LogP contribution in [0.2, 0.25) is 0 Å². The fourth-order valence-electron chi connectivity index (χ4n) is 1.97. The predicted octanol–water partition coefficient (Wildman–Crippen LogP) is 2.63. The van der Waals surface area contributed by atoms with Gasteiger partial charge in [-0.05, 0) is 18.1 Å². The summed E-state index contributed by atoms with van der Waals surface area (Å²) in [7, 11) is 2.64. The number of methoxy groups -OCH3 is 2. The van der Waals surface area contributed by atoms with Crippen LogP contribution in [0.15, 0.2) is 0 Å². The third-order valence-electron chi connectivity index (χ3n) is 3.58. The van der Waals surface area contributed by atoms with E-state index in [4.69, 9.17) is 11.7 Å². The molecule has 7 nitrogen and oxygen atoms in total. The van der Waals surface area contributed by atoms with Crippen molar-refractivity contribution in [1.82, 2.24) is 0 Å². The van der Waals surface area contributed by atoms with Crippen LogP contribution in [0.1, 0.15) is 40.5 Å². The molecule has 26 heavy (non-hydrogen) atoms. The minimum absolute atomic E-state index is 0.0730. The van der Waals surface area contributed by atoms with E-state index in [1.807, 2.05) is 27.7 Å². The second kappa shape index (κ2) is 18.2. The molecule has 152 valence electrons. The van der Waals surface area contributed by atoms with Crippen LogP contribution in [-0.4, -0.2) is 50.0 Å². The SMILES string of the molecule is COC(=O)[C@@H](CC=O)C(C)C.CS.[C-]#[N+][C@@H](O)C[C@H](C(=O)OC)C(C)C. The van der Waals surface area contributed by atoms with Gasteiger partial charge in [0.1, 0.15) is 6.29 Å². The van der Waals surface area contributed by atoms with Crippen LogP contribution in [0.25, 0.3) is 4.85 Å². The van der Waals surface area contributed by atoms with E-state index in [0.717, 1.165) is 6.29 Å². The first-order chi connectivity index (χ1) is 12.2. The van der Waals surface area contributed by atoms with Gasteiger partial charge in [-0.1, -0.05) is 27.7 Å². The van der Waals surface area contributed by atoms with Crippen LogP contribution in [-0.2, 0) is 23.9 Å². The largest absolute Gasteiger partial charge is 0.469 e. The minimum Gasteiger partial charge on any atom is -0.469 e. The number of carbonyl (C=O) groups is 3. The Morgan fingerprint density at radius 1 is 1.04 bits per heavy atom. The lowest BCUT2D eigenvalue weighted by Crippen LogP contribution is -2.25. The Bertz CT molecular complexity index is 434. The van der Waals surface area contributed by atoms with Gasteiger partial charge >= 0.3 is 18.2 Å². The lowest BCUT2D eigenvalue weighted by atomic mass is 9.92. The molecule has 0 aromatic carbocycles. The first-order valence-electron chi connectivity index (χ1n) is 8.24. The van der Waals surface area contributed by atoms with Crippen molar-refractivity contribution in [2.24, 2.45) is 23.7 Å². The normalized spacial score (nSPS) is 13.0. The number of aldehydes is 1. The van der Waals surface area contributed by atoms with Gasteiger partial charge in [0.05, 0.1) is 32.5 Å². The van der Waals surface area contributed by atoms with Gasteiger partial charge < -0.3 is 19.4 Å². The Labute approximate surface area is 162 Å². The molecule has 0 fully saturated rings. The van der Waals surface area contributed by atoms with Gasteiger partial charge in [-0.15, -0.1) is 0 Å². The molecule has 0 heterocycles. The Hall–Kier alpha value is -1.59. The number of rotatable bonds is 8. The molecule has 0 unspecified atom stereocenters. The summed E-state index contributed by atoms with van der Waals surface area (Å²) < 4.78 is 9.09. The van der Waals surface area contributed by atoms with Gasteiger partial charge in [0.15, 0.2) is 0 Å². The number of aliphatic hydroxyl groups is 1. The van der Waals surface area contributed by atoms with Crippen molar-refractivity contribution < 1.29 is 29.0 Å². The van der Waals surface area contributed by atoms with Crippen molar-refractivity contribution in [1.29, 1.82) is 0 Å². The molecule has 3 atom stereocenters. The fraction of sp³-hybridized carbons (Fsp3) is 0.778. The molecule has 0 saturated heterocycles. The summed E-state index contributed by atoms with van der Waals surface area (Å²) in [6.45, 7) is 14.1. The molecule has 0 spiro atoms. The maximum absolute atomic E-state index is 11.2. The van der Waals surface area contributed by atoms with Gasteiger partial charge in [-0.3, -0.25) is 14.4 Å². The highest BCUT2D eigenvalue weighted by Crippen LogP contribution is 2.19. The topological polar surface area (TPSA) is 94.3 Å². The summed E-state index contributed by atoms with van der Waals surface area (Å²) in [5, 5.41) is 9.06. The molecule has 0 radical (unpaired) electrons. The van der Waals surface area contributed by atoms with E-state index in [2.05, 4.69) is 26.9 Å². The van der Waals surface area contributed by atoms with E-state index in [1.54, 1.807) is 6.26 Å². The van der Waals surface area contributed by atoms with Crippen LogP contribution in [0.3, 0.4) is 0 Å². The number of nitrogens with zero attached hydrogens (tertiary/aromatic N) is 1. The smallest absolute Gasteiger partial charge is 0.326 e. The predicted molar refractivity (Wildman–Crippen MR) is 104 cm³/mol. The van der Waals surface area contributed by atoms with Crippen molar-refractivity contribution in [2.75, 3.05) is 20.5 Å². The molecule has 1 N–H and O–H groups in total. The molecule has 0 rings (SSSR count). The summed E-state index contributed by atoms with van der Waals surface area (Å²) in [5.41, 5.74) is 0. The third-order valence-corrected chi connectivity index (χ3v) is 3.58. The molecular formula is C18H33NO6S. The molecule has 0 aliphatic heterocycles. The van der Waals surface area contributed by atoms with Gasteiger partial charge in [-0.25, -0.2) is 6.57 Å². The summed E-state index contributed by atoms with van der Waals surface area (Å²) in [6.07, 6.45) is 1.74. The summed E-state index contributed by atoms with van der Waals surface area (Å²) in [4.78, 5) is 35.2. The zero-order valence-corrected chi connectivity index (χ0v) is 17.7. The van der Waals surface area contributed by atoms with E-state index < -0.39 is 12.1 Å². The Morgan fingerprint density at radius 2 is 1.42 bits per heavy atom. The van der Waals surface area contributed by atoms with Gasteiger partial charge in [0, 0.05) is 6.42 Å². The van der Waals surface area contributed by atoms with Crippen LogP contribution in [0.4, 0.5) is 0 Å². The molecule has 8 heteroatoms. The number of esters is 2. The lowest BCUT2D eigenvalue weighted by Gasteiger charge is -2.16. The fourth-order valence-corrected chi connectivity index (χ4v) is 1.97. The van der Waals surface area contributed by atoms with Crippen molar-refractivity contribution in [3.63, 3.8) is 0 Å². The first-order valence-corrected chi connectivity index (χ1v) is 9.14. The standard InChI is InChI=1S/C9H15NO3.C8H14O3.CH4S/c1-6(2)7(9(12)13-4)5-8(11)10-3;1-6(2)7(4-5-9)8(10)11-3;1-2/h6-8,11H,5H2,1-2,4H3;5-7H,4H2,1-3H3;2H,1H3/t7-,8-;7-;/m00./s1. The molecular weight excluding hydrogens is 358 g/mol. The monoisotopic (exact) mass is 391 g/mol. The van der Waals surface area contributed by atoms with Crippen LogP contribution in [0.5, 0.6) is 0 Å². The van der Waals surface area contributed by atoms with Gasteiger partial charge in [0.25, 0.3) is 0 Å². The summed E-state index contributed by atoms with van der Waals surface area (Å²) in [5.74, 6) is -1.10. The van der Waals surface area contributed by atoms with Crippen molar-refractivity contribution in [2.45, 2.75) is 46.8 Å². The van der Waals surface area contributed by atoms with E-state index in [-0.39, 0.29) is 42.5 Å². The maximum atomic E-state index is 11.2. The van der Waals surface area contributed by atoms with Crippen molar-refractivity contribution in [3.05, 3.63) is 11.4 Å². The Balaban J connectivity index is -0.000000375. The Kier molecular flexibility index (Phi) is 20.4. The maximum Gasteiger partial charge on any atom is 0.326 e. The van der Waals surface area contributed by atoms with Crippen LogP contribution >= 0.6 is 12.6 Å². The lowest BCUT2D eigenvalue weighted by molar-refractivity contribution is -0.148. The quantitative estimate of drug-likeness (QED) is 0.286. The average Bonchev–Trinajstić information content (AvgIpc) is 2.64. The molecule has 0 aliphatic rings. The van der Waals surface area contributed by atoms with Crippen molar-refractivity contribution in [3.8, 4) is 0 Å². The molecule has 0 aliphatic carbocycles. The highest BCUT2D eigenvalue weighted by atomic mass is 32.1. The molecule has 0 aromatic rings. The number of ether oxygens (including phenoxy) is 2. The minimum atomic E-state index is -1.11. The zero-order chi connectivity index (χ0) is 21.3. The number of aliphatic hydroxyl groups excluding tert-OH is 1. The zero-order valence-electron chi connectivity index (χ0n) is 16.8. The van der Waals surface area contributed by atoms with Crippen LogP contribution in [0, 0.1) is 30.2 Å². The second-order valence-electron chi connectivity index (χ2n) is 6.00. The van der Waals surface area contributed by atoms with E-state index in [1.165, 1.54) is 14.2 Å². The number of hydrogen-bond donors (Lipinski definition) is 2. The summed E-state index contributed by atoms with van der Waals surface area (Å²) in [6, 6.07) is 0. The summed E-state index contributed by atoms with van der Waals surface area (Å²) >= 11 is 3.53. The molecule has 0 bridgehead atoms. The molecule has 0 saturated carbocycles.